The van der Waals surface area contributed by atoms with Gasteiger partial charge in [-0.15, -0.1) is 0 Å². The summed E-state index contributed by atoms with van der Waals surface area (Å²) in [7, 11) is 1.72. The molecule has 1 heterocycles. The molecule has 0 bridgehead atoms. The van der Waals surface area contributed by atoms with Gasteiger partial charge in [0.15, 0.2) is 0 Å². The molecule has 2 N–H and O–H groups in total. The maximum absolute atomic E-state index is 12.0. The number of likely N-dealkylation sites (tertiary alicyclic amines) is 1. The monoisotopic (exact) mass is 319 g/mol. The molecule has 2 amide bonds. The van der Waals surface area contributed by atoms with Crippen LogP contribution in [0.3, 0.4) is 0 Å². The molecule has 1 aromatic rings. The summed E-state index contributed by atoms with van der Waals surface area (Å²) < 4.78 is 5.37. The summed E-state index contributed by atoms with van der Waals surface area (Å²) in [6.07, 6.45) is 2.36. The van der Waals surface area contributed by atoms with Crippen LogP contribution >= 0.6 is 0 Å². The van der Waals surface area contributed by atoms with E-state index in [-0.39, 0.29) is 17.9 Å². The maximum Gasteiger partial charge on any atom is 0.234 e. The first kappa shape index (κ1) is 17.4. The molecular formula is C17H25N3O3. The summed E-state index contributed by atoms with van der Waals surface area (Å²) in [5, 5.41) is 5.65. The molecule has 6 nitrogen and oxygen atoms in total. The molecule has 0 saturated carbocycles. The Morgan fingerprint density at radius 1 is 1.30 bits per heavy atom. The molecule has 1 aliphatic rings. The van der Waals surface area contributed by atoms with Gasteiger partial charge in [-0.3, -0.25) is 14.5 Å². The number of hydrogen-bond acceptors (Lipinski definition) is 4. The van der Waals surface area contributed by atoms with Crippen molar-refractivity contribution in [2.75, 3.05) is 32.1 Å². The molecule has 6 heteroatoms. The van der Waals surface area contributed by atoms with Crippen LogP contribution in [-0.2, 0) is 20.9 Å². The summed E-state index contributed by atoms with van der Waals surface area (Å²) in [4.78, 5) is 25.1. The summed E-state index contributed by atoms with van der Waals surface area (Å²) >= 11 is 0. The number of piperidine rings is 1. The van der Waals surface area contributed by atoms with E-state index in [1.807, 2.05) is 24.3 Å². The number of anilines is 1. The molecular weight excluding hydrogens is 294 g/mol. The van der Waals surface area contributed by atoms with Crippen molar-refractivity contribution in [3.05, 3.63) is 29.8 Å². The lowest BCUT2D eigenvalue weighted by atomic mass is 10.1. The van der Waals surface area contributed by atoms with Gasteiger partial charge in [0.25, 0.3) is 0 Å². The van der Waals surface area contributed by atoms with Crippen molar-refractivity contribution in [3.63, 3.8) is 0 Å². The lowest BCUT2D eigenvalue weighted by Crippen LogP contribution is -2.44. The van der Waals surface area contributed by atoms with Gasteiger partial charge in [-0.05, 0) is 37.1 Å². The lowest BCUT2D eigenvalue weighted by molar-refractivity contribution is -0.123. The minimum atomic E-state index is -0.0954. The Bertz CT molecular complexity index is 530. The Balaban J connectivity index is 1.74. The van der Waals surface area contributed by atoms with E-state index in [2.05, 4.69) is 15.5 Å². The van der Waals surface area contributed by atoms with E-state index < -0.39 is 0 Å². The largest absolute Gasteiger partial charge is 0.380 e. The van der Waals surface area contributed by atoms with Crippen molar-refractivity contribution in [1.29, 1.82) is 0 Å². The highest BCUT2D eigenvalue weighted by Gasteiger charge is 2.20. The van der Waals surface area contributed by atoms with Crippen molar-refractivity contribution >= 4 is 17.5 Å². The predicted octanol–water partition coefficient (Wildman–Crippen LogP) is 1.37. The molecule has 0 aromatic heterocycles. The number of rotatable bonds is 6. The number of carbonyl (C=O) groups is 2. The van der Waals surface area contributed by atoms with Crippen LogP contribution in [0.25, 0.3) is 0 Å². The number of nitrogens with one attached hydrogen (secondary N) is 2. The van der Waals surface area contributed by atoms with Gasteiger partial charge in [0, 0.05) is 32.8 Å². The highest BCUT2D eigenvalue weighted by atomic mass is 16.5. The molecule has 1 atom stereocenters. The Labute approximate surface area is 137 Å². The Kier molecular flexibility index (Phi) is 6.55. The topological polar surface area (TPSA) is 70.7 Å². The molecule has 0 radical (unpaired) electrons. The number of amides is 2. The molecule has 1 fully saturated rings. The molecule has 0 unspecified atom stereocenters. The van der Waals surface area contributed by atoms with E-state index in [1.54, 1.807) is 7.11 Å². The molecule has 1 saturated heterocycles. The van der Waals surface area contributed by atoms with E-state index in [4.69, 9.17) is 4.74 Å². The molecule has 1 aromatic carbocycles. The average Bonchev–Trinajstić information content (AvgIpc) is 2.54. The molecule has 1 aliphatic heterocycles. The fraction of sp³-hybridized carbons (Fsp3) is 0.529. The fourth-order valence-corrected chi connectivity index (χ4v) is 2.72. The lowest BCUT2D eigenvalue weighted by Gasteiger charge is -2.31. The van der Waals surface area contributed by atoms with Gasteiger partial charge >= 0.3 is 0 Å². The van der Waals surface area contributed by atoms with Crippen molar-refractivity contribution in [2.24, 2.45) is 0 Å². The second-order valence-electron chi connectivity index (χ2n) is 5.89. The van der Waals surface area contributed by atoms with Gasteiger partial charge in [-0.25, -0.2) is 0 Å². The molecule has 126 valence electrons. The van der Waals surface area contributed by atoms with Crippen LogP contribution in [-0.4, -0.2) is 49.6 Å². The van der Waals surface area contributed by atoms with Gasteiger partial charge < -0.3 is 15.4 Å². The van der Waals surface area contributed by atoms with Gasteiger partial charge in [-0.2, -0.15) is 0 Å². The highest BCUT2D eigenvalue weighted by Crippen LogP contribution is 2.12. The SMILES string of the molecule is CO[C@H]1CCCN(CC(=O)NCc2ccc(NC(C)=O)cc2)C1. The smallest absolute Gasteiger partial charge is 0.234 e. The number of nitrogens with zero attached hydrogens (tertiary/aromatic N) is 1. The van der Waals surface area contributed by atoms with E-state index in [0.29, 0.717) is 13.1 Å². The van der Waals surface area contributed by atoms with Crippen molar-refractivity contribution in [2.45, 2.75) is 32.4 Å². The minimum Gasteiger partial charge on any atom is -0.380 e. The van der Waals surface area contributed by atoms with Gasteiger partial charge in [0.1, 0.15) is 0 Å². The fourth-order valence-electron chi connectivity index (χ4n) is 2.72. The standard InChI is InChI=1S/C17H25N3O3/c1-13(21)19-15-7-5-14(6-8-15)10-18-17(22)12-20-9-3-4-16(11-20)23-2/h5-8,16H,3-4,9-12H2,1-2H3,(H,18,22)(H,19,21)/t16-/m0/s1. The molecule has 0 spiro atoms. The third kappa shape index (κ3) is 6.00. The van der Waals surface area contributed by atoms with Crippen LogP contribution < -0.4 is 10.6 Å². The quantitative estimate of drug-likeness (QED) is 0.831. The second-order valence-corrected chi connectivity index (χ2v) is 5.89. The highest BCUT2D eigenvalue weighted by molar-refractivity contribution is 5.88. The summed E-state index contributed by atoms with van der Waals surface area (Å²) in [6, 6.07) is 7.45. The predicted molar refractivity (Wildman–Crippen MR) is 89.1 cm³/mol. The average molecular weight is 319 g/mol. The Hall–Kier alpha value is -1.92. The van der Waals surface area contributed by atoms with E-state index >= 15 is 0 Å². The number of ether oxygens (including phenoxy) is 1. The van der Waals surface area contributed by atoms with Crippen LogP contribution in [0.4, 0.5) is 5.69 Å². The first-order valence-corrected chi connectivity index (χ1v) is 7.95. The number of carbonyl (C=O) groups excluding carboxylic acids is 2. The molecule has 23 heavy (non-hydrogen) atoms. The van der Waals surface area contributed by atoms with Crippen molar-refractivity contribution < 1.29 is 14.3 Å². The summed E-state index contributed by atoms with van der Waals surface area (Å²) in [5.41, 5.74) is 1.76. The molecule has 2 rings (SSSR count). The van der Waals surface area contributed by atoms with E-state index in [0.717, 1.165) is 37.2 Å². The number of benzene rings is 1. The minimum absolute atomic E-state index is 0.0210. The van der Waals surface area contributed by atoms with Crippen LogP contribution in [0, 0.1) is 0 Å². The zero-order valence-electron chi connectivity index (χ0n) is 13.8. The van der Waals surface area contributed by atoms with Crippen LogP contribution in [0.2, 0.25) is 0 Å². The van der Waals surface area contributed by atoms with Crippen LogP contribution in [0.5, 0.6) is 0 Å². The Morgan fingerprint density at radius 2 is 2.04 bits per heavy atom. The molecule has 0 aliphatic carbocycles. The van der Waals surface area contributed by atoms with Crippen molar-refractivity contribution in [3.8, 4) is 0 Å². The zero-order valence-corrected chi connectivity index (χ0v) is 13.8. The summed E-state index contributed by atoms with van der Waals surface area (Å²) in [5.74, 6) is -0.0744. The number of hydrogen-bond donors (Lipinski definition) is 2. The maximum atomic E-state index is 12.0. The normalized spacial score (nSPS) is 18.4. The van der Waals surface area contributed by atoms with Gasteiger partial charge in [0.05, 0.1) is 12.6 Å². The first-order valence-electron chi connectivity index (χ1n) is 7.95. The van der Waals surface area contributed by atoms with Crippen LogP contribution in [0.1, 0.15) is 25.3 Å². The van der Waals surface area contributed by atoms with Crippen LogP contribution in [0.15, 0.2) is 24.3 Å². The van der Waals surface area contributed by atoms with E-state index in [1.165, 1.54) is 6.92 Å². The van der Waals surface area contributed by atoms with E-state index in [9.17, 15) is 9.59 Å². The number of methoxy groups -OCH3 is 1. The summed E-state index contributed by atoms with van der Waals surface area (Å²) in [6.45, 7) is 4.13. The third-order valence-corrected chi connectivity index (χ3v) is 3.93. The Morgan fingerprint density at radius 3 is 2.70 bits per heavy atom. The first-order chi connectivity index (χ1) is 11.1. The third-order valence-electron chi connectivity index (χ3n) is 3.93. The zero-order chi connectivity index (χ0) is 16.7. The van der Waals surface area contributed by atoms with Gasteiger partial charge in [0.2, 0.25) is 11.8 Å². The second kappa shape index (κ2) is 8.64. The van der Waals surface area contributed by atoms with Crippen molar-refractivity contribution in [1.82, 2.24) is 10.2 Å². The van der Waals surface area contributed by atoms with Gasteiger partial charge in [-0.1, -0.05) is 12.1 Å².